The van der Waals surface area contributed by atoms with Gasteiger partial charge in [0.05, 0.1) is 7.85 Å². The fraction of sp³-hybridized carbons (Fsp3) is 1.00. The van der Waals surface area contributed by atoms with Crippen molar-refractivity contribution in [3.8, 4) is 0 Å². The highest BCUT2D eigenvalue weighted by atomic mass is 14.3. The zero-order valence-electron chi connectivity index (χ0n) is 11.3. The monoisotopic (exact) mass is 220 g/mol. The van der Waals surface area contributed by atoms with Crippen molar-refractivity contribution >= 4 is 7.85 Å². The third kappa shape index (κ3) is 5.96. The van der Waals surface area contributed by atoms with E-state index in [1.54, 1.807) is 0 Å². The van der Waals surface area contributed by atoms with Crippen LogP contribution >= 0.6 is 0 Å². The molecule has 0 bridgehead atoms. The minimum Gasteiger partial charge on any atom is -0.0887 e. The van der Waals surface area contributed by atoms with E-state index in [1.165, 1.54) is 77.0 Å². The Morgan fingerprint density at radius 2 is 1.25 bits per heavy atom. The van der Waals surface area contributed by atoms with Crippen LogP contribution in [0.3, 0.4) is 0 Å². The van der Waals surface area contributed by atoms with Crippen molar-refractivity contribution in [2.75, 3.05) is 0 Å². The third-order valence-corrected chi connectivity index (χ3v) is 4.30. The van der Waals surface area contributed by atoms with Crippen LogP contribution in [0.4, 0.5) is 0 Å². The van der Waals surface area contributed by atoms with E-state index in [0.29, 0.717) is 5.41 Å². The lowest BCUT2D eigenvalue weighted by Crippen LogP contribution is -2.16. The van der Waals surface area contributed by atoms with Crippen LogP contribution in [-0.4, -0.2) is 7.85 Å². The molecule has 0 aromatic carbocycles. The van der Waals surface area contributed by atoms with Gasteiger partial charge in [-0.25, -0.2) is 0 Å². The summed E-state index contributed by atoms with van der Waals surface area (Å²) in [6.45, 7) is 2.50. The lowest BCUT2D eigenvalue weighted by Gasteiger charge is -2.30. The smallest absolute Gasteiger partial charge is 0.0653 e. The van der Waals surface area contributed by atoms with Gasteiger partial charge in [0.2, 0.25) is 0 Å². The number of rotatable bonds is 3. The van der Waals surface area contributed by atoms with E-state index in [4.69, 9.17) is 7.85 Å². The predicted molar refractivity (Wildman–Crippen MR) is 74.1 cm³/mol. The van der Waals surface area contributed by atoms with E-state index in [0.717, 1.165) is 6.32 Å². The zero-order valence-corrected chi connectivity index (χ0v) is 11.3. The molecule has 1 rings (SSSR count). The molecular formula is C15H29B. The third-order valence-electron chi connectivity index (χ3n) is 4.30. The molecule has 0 atom stereocenters. The Hall–Kier alpha value is 0.0649. The Kier molecular flexibility index (Phi) is 7.24. The van der Waals surface area contributed by atoms with E-state index >= 15 is 0 Å². The lowest BCUT2D eigenvalue weighted by molar-refractivity contribution is 0.231. The molecular weight excluding hydrogens is 191 g/mol. The molecule has 92 valence electrons. The maximum absolute atomic E-state index is 5.66. The van der Waals surface area contributed by atoms with Gasteiger partial charge in [-0.2, -0.15) is 0 Å². The summed E-state index contributed by atoms with van der Waals surface area (Å²) in [6, 6.07) is 0. The molecule has 1 saturated carbocycles. The van der Waals surface area contributed by atoms with Crippen molar-refractivity contribution in [1.82, 2.24) is 0 Å². The maximum atomic E-state index is 5.66. The second-order valence-electron chi connectivity index (χ2n) is 6.03. The molecule has 0 heterocycles. The first-order valence-corrected chi connectivity index (χ1v) is 7.47. The van der Waals surface area contributed by atoms with Crippen LogP contribution in [0.25, 0.3) is 0 Å². The summed E-state index contributed by atoms with van der Waals surface area (Å²) < 4.78 is 0. The van der Waals surface area contributed by atoms with Gasteiger partial charge in [-0.15, -0.1) is 0 Å². The molecule has 1 aliphatic carbocycles. The Bertz CT molecular complexity index is 153. The van der Waals surface area contributed by atoms with Crippen LogP contribution in [0.2, 0.25) is 6.32 Å². The van der Waals surface area contributed by atoms with Crippen molar-refractivity contribution in [3.63, 3.8) is 0 Å². The van der Waals surface area contributed by atoms with Crippen LogP contribution in [-0.2, 0) is 0 Å². The maximum Gasteiger partial charge on any atom is 0.0653 e. The van der Waals surface area contributed by atoms with Gasteiger partial charge >= 0.3 is 0 Å². The minimum absolute atomic E-state index is 0.601. The second kappa shape index (κ2) is 8.20. The fourth-order valence-corrected chi connectivity index (χ4v) is 3.07. The van der Waals surface area contributed by atoms with Crippen molar-refractivity contribution in [3.05, 3.63) is 0 Å². The Morgan fingerprint density at radius 1 is 0.812 bits per heavy atom. The average molecular weight is 220 g/mol. The van der Waals surface area contributed by atoms with Crippen molar-refractivity contribution in [1.29, 1.82) is 0 Å². The number of hydrogen-bond donors (Lipinski definition) is 0. The van der Waals surface area contributed by atoms with Crippen molar-refractivity contribution < 1.29 is 0 Å². The highest BCUT2D eigenvalue weighted by Gasteiger charge is 2.22. The molecule has 1 aliphatic rings. The minimum atomic E-state index is 0.601. The highest BCUT2D eigenvalue weighted by molar-refractivity contribution is 6.08. The Labute approximate surface area is 104 Å². The van der Waals surface area contributed by atoms with E-state index in [9.17, 15) is 0 Å². The van der Waals surface area contributed by atoms with Gasteiger partial charge in [-0.1, -0.05) is 71.0 Å². The van der Waals surface area contributed by atoms with Crippen LogP contribution < -0.4 is 0 Å². The quantitative estimate of drug-likeness (QED) is 0.568. The summed E-state index contributed by atoms with van der Waals surface area (Å²) in [5.41, 5.74) is 0.601. The first kappa shape index (κ1) is 14.1. The van der Waals surface area contributed by atoms with Gasteiger partial charge in [0.1, 0.15) is 0 Å². The first-order valence-electron chi connectivity index (χ1n) is 7.47. The zero-order chi connectivity index (χ0) is 11.7. The molecule has 0 amide bonds. The van der Waals surface area contributed by atoms with Crippen molar-refractivity contribution in [2.45, 2.75) is 90.3 Å². The Balaban J connectivity index is 2.37. The summed E-state index contributed by atoms with van der Waals surface area (Å²) in [5, 5.41) is 0. The molecule has 0 spiro atoms. The summed E-state index contributed by atoms with van der Waals surface area (Å²) in [7, 11) is 5.66. The van der Waals surface area contributed by atoms with Gasteiger partial charge in [-0.05, 0) is 24.7 Å². The SMILES string of the molecule is [B]CCCC1(C)CCCCCCCCCC1. The molecule has 0 unspecified atom stereocenters. The predicted octanol–water partition coefficient (Wildman–Crippen LogP) is 5.27. The van der Waals surface area contributed by atoms with Gasteiger partial charge in [0, 0.05) is 0 Å². The average Bonchev–Trinajstić information content (AvgIpc) is 2.33. The van der Waals surface area contributed by atoms with Gasteiger partial charge in [-0.3, -0.25) is 0 Å². The largest absolute Gasteiger partial charge is 0.0887 e. The molecule has 0 aromatic rings. The normalized spacial score (nSPS) is 23.6. The van der Waals surface area contributed by atoms with E-state index in [-0.39, 0.29) is 0 Å². The fourth-order valence-electron chi connectivity index (χ4n) is 3.07. The van der Waals surface area contributed by atoms with Gasteiger partial charge in [0.15, 0.2) is 0 Å². The van der Waals surface area contributed by atoms with Crippen LogP contribution in [0, 0.1) is 5.41 Å². The summed E-state index contributed by atoms with van der Waals surface area (Å²) in [4.78, 5) is 0. The van der Waals surface area contributed by atoms with Gasteiger partial charge < -0.3 is 0 Å². The van der Waals surface area contributed by atoms with Gasteiger partial charge in [0.25, 0.3) is 0 Å². The van der Waals surface area contributed by atoms with E-state index < -0.39 is 0 Å². The van der Waals surface area contributed by atoms with Crippen LogP contribution in [0.5, 0.6) is 0 Å². The van der Waals surface area contributed by atoms with Crippen LogP contribution in [0.15, 0.2) is 0 Å². The molecule has 0 N–H and O–H groups in total. The topological polar surface area (TPSA) is 0 Å². The highest BCUT2D eigenvalue weighted by Crippen LogP contribution is 2.36. The first-order chi connectivity index (χ1) is 7.77. The lowest BCUT2D eigenvalue weighted by atomic mass is 9.75. The molecule has 2 radical (unpaired) electrons. The van der Waals surface area contributed by atoms with Crippen LogP contribution in [0.1, 0.15) is 84.0 Å². The Morgan fingerprint density at radius 3 is 1.69 bits per heavy atom. The summed E-state index contributed by atoms with van der Waals surface area (Å²) >= 11 is 0. The molecule has 0 aromatic heterocycles. The molecule has 1 fully saturated rings. The van der Waals surface area contributed by atoms with E-state index in [2.05, 4.69) is 6.92 Å². The molecule has 0 aliphatic heterocycles. The standard InChI is InChI=1S/C15H29B/c1-15(13-10-14-16)11-8-6-4-2-3-5-7-9-12-15/h2-14H2,1H3. The molecule has 0 nitrogen and oxygen atoms in total. The molecule has 16 heavy (non-hydrogen) atoms. The van der Waals surface area contributed by atoms with E-state index in [1.807, 2.05) is 0 Å². The number of hydrogen-bond acceptors (Lipinski definition) is 0. The molecule has 0 saturated heterocycles. The summed E-state index contributed by atoms with van der Waals surface area (Å²) in [6.07, 6.45) is 18.0. The second-order valence-corrected chi connectivity index (χ2v) is 6.03. The van der Waals surface area contributed by atoms with Crippen molar-refractivity contribution in [2.24, 2.45) is 5.41 Å². The summed E-state index contributed by atoms with van der Waals surface area (Å²) in [5.74, 6) is 0. The molecule has 1 heteroatoms.